The van der Waals surface area contributed by atoms with Crippen LogP contribution in [0.15, 0.2) is 18.5 Å². The van der Waals surface area contributed by atoms with E-state index in [2.05, 4.69) is 30.1 Å². The second-order valence-electron chi connectivity index (χ2n) is 3.45. The molecule has 1 aromatic heterocycles. The van der Waals surface area contributed by atoms with Crippen LogP contribution in [-0.4, -0.2) is 10.2 Å². The largest absolute Gasteiger partial charge is 0.159 e. The van der Waals surface area contributed by atoms with Gasteiger partial charge in [-0.15, -0.1) is 0 Å². The monoisotopic (exact) mass is 178 g/mol. The second-order valence-corrected chi connectivity index (χ2v) is 3.45. The zero-order valence-electron chi connectivity index (χ0n) is 8.53. The highest BCUT2D eigenvalue weighted by Gasteiger charge is 2.08. The Bertz CT molecular complexity index is 215. The van der Waals surface area contributed by atoms with Crippen LogP contribution < -0.4 is 0 Å². The van der Waals surface area contributed by atoms with Crippen molar-refractivity contribution < 1.29 is 0 Å². The molecule has 0 radical (unpaired) electrons. The molecule has 0 fully saturated rings. The third-order valence-electron chi connectivity index (χ3n) is 2.35. The molecule has 0 aliphatic heterocycles. The fourth-order valence-corrected chi connectivity index (χ4v) is 1.72. The van der Waals surface area contributed by atoms with E-state index in [1.54, 1.807) is 6.20 Å². The van der Waals surface area contributed by atoms with Gasteiger partial charge in [0.2, 0.25) is 0 Å². The Morgan fingerprint density at radius 1 is 1.15 bits per heavy atom. The predicted molar refractivity (Wildman–Crippen MR) is 54.6 cm³/mol. The normalized spacial score (nSPS) is 10.7. The summed E-state index contributed by atoms with van der Waals surface area (Å²) in [5.74, 6) is 0.686. The summed E-state index contributed by atoms with van der Waals surface area (Å²) in [6, 6.07) is 2.09. The molecule has 0 aromatic carbocycles. The maximum Gasteiger partial charge on any atom is 0.0531 e. The Hall–Kier alpha value is -0.920. The topological polar surface area (TPSA) is 25.8 Å². The zero-order chi connectivity index (χ0) is 9.52. The molecule has 0 saturated heterocycles. The van der Waals surface area contributed by atoms with Gasteiger partial charge in [0.15, 0.2) is 0 Å². The SMILES string of the molecule is CCCC(CCC)c1ccnnc1. The van der Waals surface area contributed by atoms with Gasteiger partial charge in [-0.1, -0.05) is 26.7 Å². The van der Waals surface area contributed by atoms with Crippen LogP contribution in [0.3, 0.4) is 0 Å². The summed E-state index contributed by atoms with van der Waals surface area (Å²) in [5.41, 5.74) is 1.35. The van der Waals surface area contributed by atoms with E-state index in [0.29, 0.717) is 5.92 Å². The molecule has 0 spiro atoms. The molecule has 0 amide bonds. The van der Waals surface area contributed by atoms with Crippen molar-refractivity contribution in [1.82, 2.24) is 10.2 Å². The molecule has 0 saturated carbocycles. The Morgan fingerprint density at radius 2 is 1.85 bits per heavy atom. The summed E-state index contributed by atoms with van der Waals surface area (Å²) in [6.07, 6.45) is 8.70. The van der Waals surface area contributed by atoms with Gasteiger partial charge in [0, 0.05) is 6.20 Å². The first kappa shape index (κ1) is 10.2. The second kappa shape index (κ2) is 5.68. The number of aromatic nitrogens is 2. The Morgan fingerprint density at radius 3 is 2.31 bits per heavy atom. The Labute approximate surface area is 80.4 Å². The van der Waals surface area contributed by atoms with Gasteiger partial charge in [-0.3, -0.25) is 0 Å². The first-order chi connectivity index (χ1) is 6.38. The van der Waals surface area contributed by atoms with Gasteiger partial charge < -0.3 is 0 Å². The molecular weight excluding hydrogens is 160 g/mol. The van der Waals surface area contributed by atoms with Crippen LogP contribution in [0.5, 0.6) is 0 Å². The van der Waals surface area contributed by atoms with E-state index in [4.69, 9.17) is 0 Å². The van der Waals surface area contributed by atoms with Gasteiger partial charge >= 0.3 is 0 Å². The van der Waals surface area contributed by atoms with Crippen molar-refractivity contribution in [3.63, 3.8) is 0 Å². The lowest BCUT2D eigenvalue weighted by atomic mass is 9.92. The predicted octanol–water partition coefficient (Wildman–Crippen LogP) is 3.16. The fraction of sp³-hybridized carbons (Fsp3) is 0.636. The minimum absolute atomic E-state index is 0.686. The van der Waals surface area contributed by atoms with E-state index in [9.17, 15) is 0 Å². The van der Waals surface area contributed by atoms with Crippen molar-refractivity contribution in [2.45, 2.75) is 45.4 Å². The molecule has 0 atom stereocenters. The molecule has 0 bridgehead atoms. The van der Waals surface area contributed by atoms with Crippen molar-refractivity contribution >= 4 is 0 Å². The quantitative estimate of drug-likeness (QED) is 0.692. The minimum atomic E-state index is 0.686. The zero-order valence-corrected chi connectivity index (χ0v) is 8.53. The minimum Gasteiger partial charge on any atom is -0.159 e. The van der Waals surface area contributed by atoms with E-state index >= 15 is 0 Å². The van der Waals surface area contributed by atoms with Gasteiger partial charge in [0.05, 0.1) is 6.20 Å². The number of rotatable bonds is 5. The molecular formula is C11H18N2. The molecule has 0 aliphatic carbocycles. The number of nitrogens with zero attached hydrogens (tertiary/aromatic N) is 2. The Balaban J connectivity index is 2.64. The van der Waals surface area contributed by atoms with Crippen LogP contribution >= 0.6 is 0 Å². The molecule has 2 heteroatoms. The molecule has 0 unspecified atom stereocenters. The molecule has 1 rings (SSSR count). The van der Waals surface area contributed by atoms with Crippen LogP contribution in [0.2, 0.25) is 0 Å². The van der Waals surface area contributed by atoms with E-state index in [1.165, 1.54) is 31.2 Å². The van der Waals surface area contributed by atoms with Crippen molar-refractivity contribution in [3.05, 3.63) is 24.0 Å². The van der Waals surface area contributed by atoms with Crippen LogP contribution in [0, 0.1) is 0 Å². The van der Waals surface area contributed by atoms with Crippen molar-refractivity contribution in [3.8, 4) is 0 Å². The molecule has 0 aliphatic rings. The Kier molecular flexibility index (Phi) is 4.44. The van der Waals surface area contributed by atoms with Gasteiger partial charge in [-0.2, -0.15) is 10.2 Å². The lowest BCUT2D eigenvalue weighted by molar-refractivity contribution is 0.558. The summed E-state index contributed by atoms with van der Waals surface area (Å²) in [7, 11) is 0. The van der Waals surface area contributed by atoms with E-state index in [0.717, 1.165) is 0 Å². The molecule has 1 aromatic rings. The highest BCUT2D eigenvalue weighted by molar-refractivity contribution is 5.11. The van der Waals surface area contributed by atoms with Crippen molar-refractivity contribution in [1.29, 1.82) is 0 Å². The maximum atomic E-state index is 3.92. The van der Waals surface area contributed by atoms with Gasteiger partial charge in [0.25, 0.3) is 0 Å². The standard InChI is InChI=1S/C11H18N2/c1-3-5-10(6-4-2)11-7-8-12-13-9-11/h7-10H,3-6H2,1-2H3. The van der Waals surface area contributed by atoms with Crippen LogP contribution in [0.1, 0.15) is 51.0 Å². The maximum absolute atomic E-state index is 3.92. The lowest BCUT2D eigenvalue weighted by Gasteiger charge is -2.14. The van der Waals surface area contributed by atoms with Gasteiger partial charge in [-0.25, -0.2) is 0 Å². The summed E-state index contributed by atoms with van der Waals surface area (Å²) in [5, 5.41) is 7.72. The summed E-state index contributed by atoms with van der Waals surface area (Å²) in [4.78, 5) is 0. The van der Waals surface area contributed by atoms with E-state index in [1.807, 2.05) is 6.20 Å². The summed E-state index contributed by atoms with van der Waals surface area (Å²) >= 11 is 0. The highest BCUT2D eigenvalue weighted by Crippen LogP contribution is 2.24. The van der Waals surface area contributed by atoms with Gasteiger partial charge in [0.1, 0.15) is 0 Å². The summed E-state index contributed by atoms with van der Waals surface area (Å²) in [6.45, 7) is 4.47. The third-order valence-corrected chi connectivity index (χ3v) is 2.35. The highest BCUT2D eigenvalue weighted by atomic mass is 15.1. The molecule has 13 heavy (non-hydrogen) atoms. The van der Waals surface area contributed by atoms with Crippen LogP contribution in [0.4, 0.5) is 0 Å². The first-order valence-corrected chi connectivity index (χ1v) is 5.15. The average Bonchev–Trinajstić information content (AvgIpc) is 2.19. The van der Waals surface area contributed by atoms with Crippen molar-refractivity contribution in [2.75, 3.05) is 0 Å². The van der Waals surface area contributed by atoms with E-state index < -0.39 is 0 Å². The smallest absolute Gasteiger partial charge is 0.0531 e. The number of hydrogen-bond donors (Lipinski definition) is 0. The van der Waals surface area contributed by atoms with Crippen molar-refractivity contribution in [2.24, 2.45) is 0 Å². The lowest BCUT2D eigenvalue weighted by Crippen LogP contribution is -1.99. The van der Waals surface area contributed by atoms with E-state index in [-0.39, 0.29) is 0 Å². The number of hydrogen-bond acceptors (Lipinski definition) is 2. The van der Waals surface area contributed by atoms with Crippen LogP contribution in [-0.2, 0) is 0 Å². The molecule has 72 valence electrons. The van der Waals surface area contributed by atoms with Crippen LogP contribution in [0.25, 0.3) is 0 Å². The molecule has 1 heterocycles. The average molecular weight is 178 g/mol. The summed E-state index contributed by atoms with van der Waals surface area (Å²) < 4.78 is 0. The third kappa shape index (κ3) is 3.13. The fourth-order valence-electron chi connectivity index (χ4n) is 1.72. The van der Waals surface area contributed by atoms with Gasteiger partial charge in [-0.05, 0) is 30.4 Å². The first-order valence-electron chi connectivity index (χ1n) is 5.15. The molecule has 0 N–H and O–H groups in total. The molecule has 2 nitrogen and oxygen atoms in total.